The molecular weight excluding hydrogens is 506 g/mol. The van der Waals surface area contributed by atoms with Crippen LogP contribution in [0.2, 0.25) is 0 Å². The Morgan fingerprint density at radius 1 is 0.778 bits per heavy atom. The zero-order chi connectivity index (χ0) is 18.5. The first-order valence-electron chi connectivity index (χ1n) is 10.1. The van der Waals surface area contributed by atoms with Crippen molar-refractivity contribution < 1.29 is 20.1 Å². The number of fused-ring (bicyclic) bond motifs is 6. The van der Waals surface area contributed by atoms with Crippen LogP contribution in [0.1, 0.15) is 89.5 Å². The van der Waals surface area contributed by atoms with E-state index in [4.69, 9.17) is 4.98 Å². The van der Waals surface area contributed by atoms with E-state index in [9.17, 15) is 0 Å². The molecule has 1 aromatic carbocycles. The Balaban J connectivity index is 0.00000180. The minimum atomic E-state index is 0. The predicted octanol–water partition coefficient (Wildman–Crippen LogP) is 6.22. The van der Waals surface area contributed by atoms with Gasteiger partial charge in [-0.2, -0.15) is 0 Å². The van der Waals surface area contributed by atoms with E-state index in [1.54, 1.807) is 5.56 Å². The van der Waals surface area contributed by atoms with Gasteiger partial charge in [-0.15, -0.1) is 34.9 Å². The first-order chi connectivity index (χ1) is 12.0. The molecule has 2 bridgehead atoms. The fourth-order valence-electron chi connectivity index (χ4n) is 6.68. The molecule has 2 aromatic rings. The third-order valence-corrected chi connectivity index (χ3v) is 7.78. The van der Waals surface area contributed by atoms with Gasteiger partial charge in [-0.25, -0.2) is 0 Å². The summed E-state index contributed by atoms with van der Waals surface area (Å²) in [7, 11) is 0. The molecule has 1 fully saturated rings. The number of rotatable bonds is 1. The molecule has 0 amide bonds. The third kappa shape index (κ3) is 2.56. The minimum absolute atomic E-state index is 0. The SMILES string of the molecule is CC1(C)CC(C)(C)c2cc(-c3[c-]cc4c(c3)C3(C)CCC4(C)C3)ncc21.[Ir]. The van der Waals surface area contributed by atoms with Crippen LogP contribution >= 0.6 is 0 Å². The predicted molar refractivity (Wildman–Crippen MR) is 108 cm³/mol. The summed E-state index contributed by atoms with van der Waals surface area (Å²) in [6, 6.07) is 10.6. The maximum Gasteiger partial charge on any atom is 0.0201 e. The third-order valence-electron chi connectivity index (χ3n) is 7.78. The molecule has 2 atom stereocenters. The second kappa shape index (κ2) is 5.55. The van der Waals surface area contributed by atoms with Crippen LogP contribution in [0, 0.1) is 6.07 Å². The van der Waals surface area contributed by atoms with Crippen molar-refractivity contribution in [1.29, 1.82) is 0 Å². The van der Waals surface area contributed by atoms with Crippen LogP contribution in [0.25, 0.3) is 11.3 Å². The summed E-state index contributed by atoms with van der Waals surface area (Å²) < 4.78 is 0. The standard InChI is InChI=1S/C25H30N.Ir/c1-22(2)14-23(3,4)20-13-26-21(12-18(20)22)16-7-8-17-19(11-16)25(6)10-9-24(17,5)15-25;/h8,11-13H,9-10,14-15H2,1-6H3;/q-1;. The number of aromatic nitrogens is 1. The molecule has 1 aromatic heterocycles. The number of pyridine rings is 1. The molecule has 0 spiro atoms. The molecule has 27 heavy (non-hydrogen) atoms. The van der Waals surface area contributed by atoms with E-state index in [1.807, 2.05) is 0 Å². The van der Waals surface area contributed by atoms with Gasteiger partial charge in [0, 0.05) is 26.3 Å². The van der Waals surface area contributed by atoms with E-state index in [0.717, 1.165) is 5.69 Å². The molecule has 2 heteroatoms. The Kier molecular flexibility index (Phi) is 3.97. The summed E-state index contributed by atoms with van der Waals surface area (Å²) in [4.78, 5) is 4.88. The Bertz CT molecular complexity index is 904. The van der Waals surface area contributed by atoms with Crippen LogP contribution in [-0.4, -0.2) is 4.98 Å². The Hall–Kier alpha value is -0.981. The topological polar surface area (TPSA) is 12.9 Å². The van der Waals surface area contributed by atoms with E-state index < -0.39 is 0 Å². The van der Waals surface area contributed by atoms with Crippen molar-refractivity contribution in [3.05, 3.63) is 52.7 Å². The fourth-order valence-corrected chi connectivity index (χ4v) is 6.68. The van der Waals surface area contributed by atoms with Crippen LogP contribution in [0.15, 0.2) is 24.4 Å². The Morgan fingerprint density at radius 2 is 1.41 bits per heavy atom. The van der Waals surface area contributed by atoms with Gasteiger partial charge in [0.25, 0.3) is 0 Å². The average Bonchev–Trinajstić information content (AvgIpc) is 3.07. The van der Waals surface area contributed by atoms with Gasteiger partial charge in [0.2, 0.25) is 0 Å². The molecule has 3 aliphatic rings. The van der Waals surface area contributed by atoms with Crippen molar-refractivity contribution >= 4 is 0 Å². The van der Waals surface area contributed by atoms with Crippen molar-refractivity contribution in [3.8, 4) is 11.3 Å². The molecule has 145 valence electrons. The maximum absolute atomic E-state index is 4.88. The smallest absolute Gasteiger partial charge is 0.0201 e. The van der Waals surface area contributed by atoms with Gasteiger partial charge in [0.15, 0.2) is 0 Å². The van der Waals surface area contributed by atoms with E-state index in [-0.39, 0.29) is 30.9 Å². The van der Waals surface area contributed by atoms with Crippen molar-refractivity contribution in [2.75, 3.05) is 0 Å². The van der Waals surface area contributed by atoms with Gasteiger partial charge in [-0.3, -0.25) is 0 Å². The van der Waals surface area contributed by atoms with Crippen molar-refractivity contribution in [3.63, 3.8) is 0 Å². The maximum atomic E-state index is 4.88. The van der Waals surface area contributed by atoms with Crippen molar-refractivity contribution in [2.24, 2.45) is 0 Å². The minimum Gasteiger partial charge on any atom is -0.304 e. The summed E-state index contributed by atoms with van der Waals surface area (Å²) >= 11 is 0. The van der Waals surface area contributed by atoms with E-state index in [1.165, 1.54) is 47.9 Å². The van der Waals surface area contributed by atoms with Crippen LogP contribution in [-0.2, 0) is 41.8 Å². The molecule has 0 N–H and O–H groups in total. The molecule has 5 rings (SSSR count). The van der Waals surface area contributed by atoms with Gasteiger partial charge in [-0.05, 0) is 57.7 Å². The Labute approximate surface area is 177 Å². The van der Waals surface area contributed by atoms with Crippen LogP contribution < -0.4 is 0 Å². The van der Waals surface area contributed by atoms with Gasteiger partial charge in [-0.1, -0.05) is 54.0 Å². The molecule has 2 unspecified atom stereocenters. The summed E-state index contributed by atoms with van der Waals surface area (Å²) in [5.41, 5.74) is 9.41. The summed E-state index contributed by atoms with van der Waals surface area (Å²) in [5.74, 6) is 0. The zero-order valence-electron chi connectivity index (χ0n) is 17.4. The number of hydrogen-bond acceptors (Lipinski definition) is 1. The first-order valence-corrected chi connectivity index (χ1v) is 10.1. The van der Waals surface area contributed by atoms with E-state index in [2.05, 4.69) is 72.0 Å². The summed E-state index contributed by atoms with van der Waals surface area (Å²) in [5, 5.41) is 0. The molecule has 1 nitrogen and oxygen atoms in total. The van der Waals surface area contributed by atoms with Crippen LogP contribution in [0.4, 0.5) is 0 Å². The monoisotopic (exact) mass is 537 g/mol. The molecule has 0 saturated heterocycles. The first kappa shape index (κ1) is 19.3. The molecule has 3 aliphatic carbocycles. The van der Waals surface area contributed by atoms with Gasteiger partial charge in [0.1, 0.15) is 0 Å². The molecule has 1 heterocycles. The van der Waals surface area contributed by atoms with Gasteiger partial charge in [0.05, 0.1) is 0 Å². The number of hydrogen-bond donors (Lipinski definition) is 0. The van der Waals surface area contributed by atoms with E-state index >= 15 is 0 Å². The quantitative estimate of drug-likeness (QED) is 0.395. The molecular formula is C25H30IrN-. The largest absolute Gasteiger partial charge is 0.304 e. The van der Waals surface area contributed by atoms with Gasteiger partial charge >= 0.3 is 0 Å². The Morgan fingerprint density at radius 3 is 2.11 bits per heavy atom. The second-order valence-electron chi connectivity index (χ2n) is 11.0. The normalized spacial score (nSPS) is 31.3. The fraction of sp³-hybridized carbons (Fsp3) is 0.560. The molecule has 1 radical (unpaired) electrons. The summed E-state index contributed by atoms with van der Waals surface area (Å²) in [6.07, 6.45) is 7.26. The number of benzene rings is 1. The molecule has 0 aliphatic heterocycles. The van der Waals surface area contributed by atoms with Crippen LogP contribution in [0.5, 0.6) is 0 Å². The van der Waals surface area contributed by atoms with Crippen molar-refractivity contribution in [1.82, 2.24) is 4.98 Å². The van der Waals surface area contributed by atoms with Gasteiger partial charge < -0.3 is 4.98 Å². The zero-order valence-corrected chi connectivity index (χ0v) is 19.8. The molecule has 1 saturated carbocycles. The van der Waals surface area contributed by atoms with E-state index in [0.29, 0.717) is 10.8 Å². The summed E-state index contributed by atoms with van der Waals surface area (Å²) in [6.45, 7) is 14.3. The second-order valence-corrected chi connectivity index (χ2v) is 11.0. The number of nitrogens with zero attached hydrogens (tertiary/aromatic N) is 1. The average molecular weight is 537 g/mol. The van der Waals surface area contributed by atoms with Crippen molar-refractivity contribution in [2.45, 2.75) is 88.9 Å². The van der Waals surface area contributed by atoms with Crippen LogP contribution in [0.3, 0.4) is 0 Å².